The molecule has 6 heteroatoms. The van der Waals surface area contributed by atoms with E-state index in [1.165, 1.54) is 0 Å². The molecule has 0 spiro atoms. The molecule has 1 N–H and O–H groups in total. The Morgan fingerprint density at radius 1 is 1.00 bits per heavy atom. The number of nitrogens with one attached hydrogen (secondary N) is 1. The van der Waals surface area contributed by atoms with Gasteiger partial charge in [-0.3, -0.25) is 9.59 Å². The molecule has 0 saturated carbocycles. The molecular weight excluding hydrogens is 332 g/mol. The molecule has 0 unspecified atom stereocenters. The van der Waals surface area contributed by atoms with Gasteiger partial charge in [-0.1, -0.05) is 33.8 Å². The second-order valence-corrected chi connectivity index (χ2v) is 7.19. The highest BCUT2D eigenvalue weighted by molar-refractivity contribution is 6.35. The molecule has 1 rings (SSSR count). The van der Waals surface area contributed by atoms with Gasteiger partial charge in [-0.2, -0.15) is 0 Å². The lowest BCUT2D eigenvalue weighted by Crippen LogP contribution is -2.46. The SMILES string of the molecule is COc1ccc(CCNC(=O)C(=O)N(CC(C)C)CC(C)C)cc1OC. The van der Waals surface area contributed by atoms with Gasteiger partial charge in [0, 0.05) is 19.6 Å². The van der Waals surface area contributed by atoms with Crippen LogP contribution >= 0.6 is 0 Å². The van der Waals surface area contributed by atoms with Gasteiger partial charge >= 0.3 is 11.8 Å². The summed E-state index contributed by atoms with van der Waals surface area (Å²) >= 11 is 0. The molecule has 1 aromatic carbocycles. The summed E-state index contributed by atoms with van der Waals surface area (Å²) in [7, 11) is 3.17. The molecule has 0 aliphatic rings. The Balaban J connectivity index is 2.60. The van der Waals surface area contributed by atoms with Gasteiger partial charge in [0.25, 0.3) is 0 Å². The molecule has 0 fully saturated rings. The second-order valence-electron chi connectivity index (χ2n) is 7.19. The minimum absolute atomic E-state index is 0.317. The number of methoxy groups -OCH3 is 2. The smallest absolute Gasteiger partial charge is 0.311 e. The Kier molecular flexibility index (Phi) is 8.96. The minimum atomic E-state index is -0.549. The number of amides is 2. The maximum absolute atomic E-state index is 12.4. The second kappa shape index (κ2) is 10.7. The summed E-state index contributed by atoms with van der Waals surface area (Å²) in [5, 5.41) is 2.72. The number of benzene rings is 1. The van der Waals surface area contributed by atoms with Crippen molar-refractivity contribution in [1.29, 1.82) is 0 Å². The van der Waals surface area contributed by atoms with Gasteiger partial charge in [0.05, 0.1) is 14.2 Å². The fourth-order valence-electron chi connectivity index (χ4n) is 2.70. The van der Waals surface area contributed by atoms with E-state index in [0.717, 1.165) is 5.56 Å². The summed E-state index contributed by atoms with van der Waals surface area (Å²) < 4.78 is 10.5. The molecule has 0 saturated heterocycles. The lowest BCUT2D eigenvalue weighted by Gasteiger charge is -2.25. The van der Waals surface area contributed by atoms with Crippen LogP contribution in [-0.4, -0.2) is 50.6 Å². The molecule has 0 heterocycles. The van der Waals surface area contributed by atoms with E-state index in [4.69, 9.17) is 9.47 Å². The van der Waals surface area contributed by atoms with E-state index in [0.29, 0.717) is 49.4 Å². The van der Waals surface area contributed by atoms with Crippen molar-refractivity contribution in [2.24, 2.45) is 11.8 Å². The Morgan fingerprint density at radius 2 is 1.58 bits per heavy atom. The van der Waals surface area contributed by atoms with Crippen LogP contribution in [0.25, 0.3) is 0 Å². The highest BCUT2D eigenvalue weighted by atomic mass is 16.5. The van der Waals surface area contributed by atoms with Crippen LogP contribution in [0.3, 0.4) is 0 Å². The number of ether oxygens (including phenoxy) is 2. The summed E-state index contributed by atoms with van der Waals surface area (Å²) in [6, 6.07) is 5.62. The normalized spacial score (nSPS) is 10.8. The van der Waals surface area contributed by atoms with Crippen molar-refractivity contribution in [3.8, 4) is 11.5 Å². The van der Waals surface area contributed by atoms with Crippen molar-refractivity contribution < 1.29 is 19.1 Å². The van der Waals surface area contributed by atoms with Crippen LogP contribution in [-0.2, 0) is 16.0 Å². The van der Waals surface area contributed by atoms with Gasteiger partial charge in [-0.15, -0.1) is 0 Å². The third-order valence-electron chi connectivity index (χ3n) is 3.80. The number of rotatable bonds is 9. The van der Waals surface area contributed by atoms with Crippen LogP contribution in [0.2, 0.25) is 0 Å². The van der Waals surface area contributed by atoms with Crippen molar-refractivity contribution in [2.75, 3.05) is 33.9 Å². The van der Waals surface area contributed by atoms with Crippen molar-refractivity contribution >= 4 is 11.8 Å². The van der Waals surface area contributed by atoms with Crippen LogP contribution in [0.4, 0.5) is 0 Å². The Morgan fingerprint density at radius 3 is 2.08 bits per heavy atom. The summed E-state index contributed by atoms with van der Waals surface area (Å²) in [6.45, 7) is 9.70. The van der Waals surface area contributed by atoms with E-state index < -0.39 is 11.8 Å². The average molecular weight is 364 g/mol. The Labute approximate surface area is 156 Å². The van der Waals surface area contributed by atoms with E-state index in [1.54, 1.807) is 19.1 Å². The fourth-order valence-corrected chi connectivity index (χ4v) is 2.70. The molecule has 0 atom stereocenters. The molecule has 0 aliphatic carbocycles. The van der Waals surface area contributed by atoms with E-state index >= 15 is 0 Å². The maximum atomic E-state index is 12.4. The van der Waals surface area contributed by atoms with E-state index in [-0.39, 0.29) is 0 Å². The molecule has 146 valence electrons. The standard InChI is InChI=1S/C20H32N2O4/c1-14(2)12-22(13-15(3)4)20(24)19(23)21-10-9-16-7-8-17(25-5)18(11-16)26-6/h7-8,11,14-15H,9-10,12-13H2,1-6H3,(H,21,23). The molecular formula is C20H32N2O4. The Bertz CT molecular complexity index is 589. The quantitative estimate of drug-likeness (QED) is 0.684. The first-order valence-electron chi connectivity index (χ1n) is 9.06. The topological polar surface area (TPSA) is 67.9 Å². The lowest BCUT2D eigenvalue weighted by atomic mass is 10.1. The average Bonchev–Trinajstić information content (AvgIpc) is 2.59. The highest BCUT2D eigenvalue weighted by Gasteiger charge is 2.22. The van der Waals surface area contributed by atoms with Gasteiger partial charge < -0.3 is 19.7 Å². The largest absolute Gasteiger partial charge is 0.493 e. The Hall–Kier alpha value is -2.24. The van der Waals surface area contributed by atoms with Crippen LogP contribution in [0.5, 0.6) is 11.5 Å². The summed E-state index contributed by atoms with van der Waals surface area (Å²) in [5.41, 5.74) is 0.997. The first kappa shape index (κ1) is 21.8. The van der Waals surface area contributed by atoms with Crippen LogP contribution in [0.1, 0.15) is 33.3 Å². The molecule has 2 amide bonds. The molecule has 6 nitrogen and oxygen atoms in total. The molecule has 0 aliphatic heterocycles. The van der Waals surface area contributed by atoms with E-state index in [1.807, 2.05) is 45.9 Å². The fraction of sp³-hybridized carbons (Fsp3) is 0.600. The molecule has 0 aromatic heterocycles. The van der Waals surface area contributed by atoms with Crippen molar-refractivity contribution in [2.45, 2.75) is 34.1 Å². The first-order chi connectivity index (χ1) is 12.3. The van der Waals surface area contributed by atoms with Crippen LogP contribution < -0.4 is 14.8 Å². The van der Waals surface area contributed by atoms with Gasteiger partial charge in [0.15, 0.2) is 11.5 Å². The number of nitrogens with zero attached hydrogens (tertiary/aromatic N) is 1. The maximum Gasteiger partial charge on any atom is 0.311 e. The summed E-state index contributed by atoms with van der Waals surface area (Å²) in [6.07, 6.45) is 0.605. The molecule has 0 radical (unpaired) electrons. The van der Waals surface area contributed by atoms with Crippen molar-refractivity contribution in [1.82, 2.24) is 10.2 Å². The summed E-state index contributed by atoms with van der Waals surface area (Å²) in [5.74, 6) is 0.932. The van der Waals surface area contributed by atoms with Crippen LogP contribution in [0.15, 0.2) is 18.2 Å². The molecule has 26 heavy (non-hydrogen) atoms. The zero-order chi connectivity index (χ0) is 19.7. The summed E-state index contributed by atoms with van der Waals surface area (Å²) in [4.78, 5) is 26.3. The van der Waals surface area contributed by atoms with Gasteiger partial charge in [-0.05, 0) is 36.0 Å². The predicted octanol–water partition coefficient (Wildman–Crippen LogP) is 2.50. The van der Waals surface area contributed by atoms with E-state index in [9.17, 15) is 9.59 Å². The van der Waals surface area contributed by atoms with E-state index in [2.05, 4.69) is 5.32 Å². The number of carbonyl (C=O) groups excluding carboxylic acids is 2. The van der Waals surface area contributed by atoms with Crippen molar-refractivity contribution in [3.63, 3.8) is 0 Å². The number of hydrogen-bond donors (Lipinski definition) is 1. The van der Waals surface area contributed by atoms with Gasteiger partial charge in [0.1, 0.15) is 0 Å². The number of carbonyl (C=O) groups is 2. The lowest BCUT2D eigenvalue weighted by molar-refractivity contribution is -0.146. The third kappa shape index (κ3) is 6.94. The zero-order valence-corrected chi connectivity index (χ0v) is 16.8. The minimum Gasteiger partial charge on any atom is -0.493 e. The van der Waals surface area contributed by atoms with Gasteiger partial charge in [-0.25, -0.2) is 0 Å². The van der Waals surface area contributed by atoms with Gasteiger partial charge in [0.2, 0.25) is 0 Å². The zero-order valence-electron chi connectivity index (χ0n) is 16.8. The predicted molar refractivity (Wildman–Crippen MR) is 103 cm³/mol. The number of hydrogen-bond acceptors (Lipinski definition) is 4. The molecule has 0 bridgehead atoms. The van der Waals surface area contributed by atoms with Crippen LogP contribution in [0, 0.1) is 11.8 Å². The first-order valence-corrected chi connectivity index (χ1v) is 9.06. The monoisotopic (exact) mass is 364 g/mol. The molecule has 1 aromatic rings. The third-order valence-corrected chi connectivity index (χ3v) is 3.80. The highest BCUT2D eigenvalue weighted by Crippen LogP contribution is 2.27. The van der Waals surface area contributed by atoms with Crippen molar-refractivity contribution in [3.05, 3.63) is 23.8 Å².